The van der Waals surface area contributed by atoms with Gasteiger partial charge < -0.3 is 10.1 Å². The van der Waals surface area contributed by atoms with Crippen LogP contribution in [0.5, 0.6) is 5.75 Å². The largest absolute Gasteiger partial charge is 0.481 e. The van der Waals surface area contributed by atoms with Crippen molar-refractivity contribution in [3.63, 3.8) is 0 Å². The normalized spacial score (nSPS) is 13.9. The predicted molar refractivity (Wildman–Crippen MR) is 83.1 cm³/mol. The highest BCUT2D eigenvalue weighted by Gasteiger charge is 2.18. The van der Waals surface area contributed by atoms with Gasteiger partial charge in [-0.1, -0.05) is 45.4 Å². The highest BCUT2D eigenvalue weighted by Crippen LogP contribution is 2.26. The van der Waals surface area contributed by atoms with E-state index in [0.717, 1.165) is 24.2 Å². The smallest absolute Gasteiger partial charge is 0.260 e. The van der Waals surface area contributed by atoms with Crippen molar-refractivity contribution in [3.05, 3.63) is 29.8 Å². The first-order chi connectivity index (χ1) is 9.45. The summed E-state index contributed by atoms with van der Waals surface area (Å²) in [4.78, 5) is 12.1. The van der Waals surface area contributed by atoms with Crippen LogP contribution >= 0.6 is 0 Å². The molecule has 0 radical (unpaired) electrons. The zero-order valence-electron chi connectivity index (χ0n) is 13.3. The molecule has 1 aromatic rings. The predicted octanol–water partition coefficient (Wildman–Crippen LogP) is 3.88. The molecule has 0 fully saturated rings. The van der Waals surface area contributed by atoms with Crippen molar-refractivity contribution in [2.75, 3.05) is 0 Å². The van der Waals surface area contributed by atoms with E-state index in [1.54, 1.807) is 6.92 Å². The minimum absolute atomic E-state index is 0.0514. The third-order valence-corrected chi connectivity index (χ3v) is 3.32. The molecule has 0 aliphatic heterocycles. The van der Waals surface area contributed by atoms with E-state index in [2.05, 4.69) is 26.1 Å². The van der Waals surface area contributed by atoms with Gasteiger partial charge in [-0.05, 0) is 37.8 Å². The molecular weight excluding hydrogens is 250 g/mol. The van der Waals surface area contributed by atoms with E-state index >= 15 is 0 Å². The fourth-order valence-electron chi connectivity index (χ4n) is 2.17. The van der Waals surface area contributed by atoms with Crippen molar-refractivity contribution >= 4 is 5.91 Å². The Kier molecular flexibility index (Phi) is 6.56. The average molecular weight is 277 g/mol. The lowest BCUT2D eigenvalue weighted by Gasteiger charge is -2.20. The Hall–Kier alpha value is -1.51. The Morgan fingerprint density at radius 1 is 1.20 bits per heavy atom. The van der Waals surface area contributed by atoms with Crippen LogP contribution in [0.2, 0.25) is 0 Å². The molecule has 1 aromatic carbocycles. The molecule has 0 saturated heterocycles. The second kappa shape index (κ2) is 7.93. The Bertz CT molecular complexity index is 429. The van der Waals surface area contributed by atoms with Crippen molar-refractivity contribution < 1.29 is 9.53 Å². The van der Waals surface area contributed by atoms with Gasteiger partial charge in [0.05, 0.1) is 0 Å². The Balaban J connectivity index is 2.66. The molecule has 0 bridgehead atoms. The zero-order chi connectivity index (χ0) is 15.1. The summed E-state index contributed by atoms with van der Waals surface area (Å²) in [7, 11) is 0. The highest BCUT2D eigenvalue weighted by atomic mass is 16.5. The third-order valence-electron chi connectivity index (χ3n) is 3.32. The summed E-state index contributed by atoms with van der Waals surface area (Å²) >= 11 is 0. The molecule has 2 atom stereocenters. The van der Waals surface area contributed by atoms with Crippen LogP contribution in [0.4, 0.5) is 0 Å². The molecule has 1 rings (SSSR count). The first kappa shape index (κ1) is 16.5. The maximum absolute atomic E-state index is 12.1. The first-order valence-corrected chi connectivity index (χ1v) is 7.51. The molecule has 0 aromatic heterocycles. The Morgan fingerprint density at radius 3 is 2.45 bits per heavy atom. The van der Waals surface area contributed by atoms with Crippen molar-refractivity contribution in [3.8, 4) is 5.75 Å². The summed E-state index contributed by atoms with van der Waals surface area (Å²) in [6, 6.07) is 8.10. The van der Waals surface area contributed by atoms with Gasteiger partial charge in [-0.2, -0.15) is 0 Å². The molecule has 0 aliphatic carbocycles. The number of amides is 1. The fourth-order valence-corrected chi connectivity index (χ4v) is 2.17. The molecule has 112 valence electrons. The molecular formula is C17H27NO2. The molecule has 0 aliphatic rings. The van der Waals surface area contributed by atoms with Gasteiger partial charge in [0, 0.05) is 6.04 Å². The number of carbonyl (C=O) groups is 1. The summed E-state index contributed by atoms with van der Waals surface area (Å²) in [5.41, 5.74) is 1.13. The van der Waals surface area contributed by atoms with Crippen molar-refractivity contribution in [2.24, 2.45) is 0 Å². The van der Waals surface area contributed by atoms with Gasteiger partial charge in [-0.25, -0.2) is 0 Å². The van der Waals surface area contributed by atoms with Crippen LogP contribution in [0.15, 0.2) is 24.3 Å². The maximum atomic E-state index is 12.1. The van der Waals surface area contributed by atoms with E-state index in [-0.39, 0.29) is 11.9 Å². The van der Waals surface area contributed by atoms with Crippen LogP contribution in [0.25, 0.3) is 0 Å². The van der Waals surface area contributed by atoms with Gasteiger partial charge in [0.2, 0.25) is 0 Å². The van der Waals surface area contributed by atoms with E-state index in [1.165, 1.54) is 0 Å². The molecule has 1 N–H and O–H groups in total. The molecule has 0 unspecified atom stereocenters. The summed E-state index contributed by atoms with van der Waals surface area (Å²) in [6.45, 7) is 10.2. The van der Waals surface area contributed by atoms with Gasteiger partial charge in [-0.15, -0.1) is 0 Å². The molecule has 0 spiro atoms. The maximum Gasteiger partial charge on any atom is 0.260 e. The summed E-state index contributed by atoms with van der Waals surface area (Å²) < 4.78 is 5.84. The average Bonchev–Trinajstić information content (AvgIpc) is 2.39. The minimum atomic E-state index is -0.478. The topological polar surface area (TPSA) is 38.3 Å². The lowest BCUT2D eigenvalue weighted by atomic mass is 10.0. The van der Waals surface area contributed by atoms with Gasteiger partial charge >= 0.3 is 0 Å². The van der Waals surface area contributed by atoms with Crippen LogP contribution in [0.1, 0.15) is 58.9 Å². The fraction of sp³-hybridized carbons (Fsp3) is 0.588. The summed E-state index contributed by atoms with van der Waals surface area (Å²) in [6.07, 6.45) is 1.57. The zero-order valence-corrected chi connectivity index (χ0v) is 13.3. The summed E-state index contributed by atoms with van der Waals surface area (Å²) in [5.74, 6) is 1.12. The number of hydrogen-bond acceptors (Lipinski definition) is 2. The van der Waals surface area contributed by atoms with E-state index in [4.69, 9.17) is 4.74 Å². The molecule has 3 nitrogen and oxygen atoms in total. The lowest BCUT2D eigenvalue weighted by molar-refractivity contribution is -0.127. The number of nitrogens with one attached hydrogen (secondary N) is 1. The van der Waals surface area contributed by atoms with Crippen LogP contribution in [0.3, 0.4) is 0 Å². The van der Waals surface area contributed by atoms with Crippen LogP contribution in [-0.4, -0.2) is 18.1 Å². The second-order valence-corrected chi connectivity index (χ2v) is 5.65. The van der Waals surface area contributed by atoms with Gasteiger partial charge in [0.15, 0.2) is 6.10 Å². The van der Waals surface area contributed by atoms with E-state index in [9.17, 15) is 4.79 Å². The Labute approximate surface area is 122 Å². The Morgan fingerprint density at radius 2 is 1.85 bits per heavy atom. The van der Waals surface area contributed by atoms with E-state index < -0.39 is 6.10 Å². The van der Waals surface area contributed by atoms with E-state index in [1.807, 2.05) is 31.2 Å². The number of hydrogen-bond donors (Lipinski definition) is 1. The van der Waals surface area contributed by atoms with Gasteiger partial charge in [0.25, 0.3) is 5.91 Å². The van der Waals surface area contributed by atoms with E-state index in [0.29, 0.717) is 5.92 Å². The van der Waals surface area contributed by atoms with Crippen LogP contribution in [0, 0.1) is 0 Å². The number of para-hydroxylation sites is 1. The summed E-state index contributed by atoms with van der Waals surface area (Å²) in [5, 5.41) is 2.99. The SMILES string of the molecule is CCC[C@@H](C)NC(=O)[C@H](C)Oc1ccccc1C(C)C. The van der Waals surface area contributed by atoms with Crippen molar-refractivity contribution in [2.45, 2.75) is 65.5 Å². The number of rotatable bonds is 7. The second-order valence-electron chi connectivity index (χ2n) is 5.65. The van der Waals surface area contributed by atoms with Crippen LogP contribution in [-0.2, 0) is 4.79 Å². The van der Waals surface area contributed by atoms with Crippen LogP contribution < -0.4 is 10.1 Å². The first-order valence-electron chi connectivity index (χ1n) is 7.51. The monoisotopic (exact) mass is 277 g/mol. The highest BCUT2D eigenvalue weighted by molar-refractivity contribution is 5.81. The van der Waals surface area contributed by atoms with Crippen molar-refractivity contribution in [1.29, 1.82) is 0 Å². The number of ether oxygens (including phenoxy) is 1. The molecule has 20 heavy (non-hydrogen) atoms. The lowest BCUT2D eigenvalue weighted by Crippen LogP contribution is -2.41. The minimum Gasteiger partial charge on any atom is -0.481 e. The molecule has 0 heterocycles. The van der Waals surface area contributed by atoms with Gasteiger partial charge in [0.1, 0.15) is 5.75 Å². The third kappa shape index (κ3) is 4.87. The molecule has 1 amide bonds. The molecule has 0 saturated carbocycles. The standard InChI is InChI=1S/C17H27NO2/c1-6-9-13(4)18-17(19)14(5)20-16-11-8-7-10-15(16)12(2)3/h7-8,10-14H,6,9H2,1-5H3,(H,18,19)/t13-,14+/m1/s1. The quantitative estimate of drug-likeness (QED) is 0.821. The van der Waals surface area contributed by atoms with Crippen molar-refractivity contribution in [1.82, 2.24) is 5.32 Å². The van der Waals surface area contributed by atoms with Gasteiger partial charge in [-0.3, -0.25) is 4.79 Å². The number of carbonyl (C=O) groups excluding carboxylic acids is 1. The molecule has 3 heteroatoms. The number of benzene rings is 1.